The number of rotatable bonds is 3. The lowest BCUT2D eigenvalue weighted by Crippen LogP contribution is -1.91. The van der Waals surface area contributed by atoms with E-state index in [1.165, 1.54) is 10.9 Å². The van der Waals surface area contributed by atoms with Gasteiger partial charge in [-0.25, -0.2) is 0 Å². The molecule has 0 saturated heterocycles. The van der Waals surface area contributed by atoms with Gasteiger partial charge in [-0.1, -0.05) is 18.2 Å². The van der Waals surface area contributed by atoms with Crippen molar-refractivity contribution in [1.29, 1.82) is 0 Å². The van der Waals surface area contributed by atoms with Gasteiger partial charge in [-0.2, -0.15) is 0 Å². The Balaban J connectivity index is 2.35. The Morgan fingerprint density at radius 3 is 3.00 bits per heavy atom. The van der Waals surface area contributed by atoms with Gasteiger partial charge in [0, 0.05) is 10.9 Å². The Bertz CT molecular complexity index is 390. The minimum absolute atomic E-state index is 0.628. The number of para-hydroxylation sites is 1. The predicted molar refractivity (Wildman–Crippen MR) is 51.2 cm³/mol. The van der Waals surface area contributed by atoms with Gasteiger partial charge in [-0.3, -0.25) is 0 Å². The number of benzene rings is 1. The second kappa shape index (κ2) is 3.62. The minimum atomic E-state index is 0.628. The van der Waals surface area contributed by atoms with Crippen LogP contribution >= 0.6 is 0 Å². The van der Waals surface area contributed by atoms with Crippen molar-refractivity contribution in [2.75, 3.05) is 6.61 Å². The molecule has 0 spiro atoms. The summed E-state index contributed by atoms with van der Waals surface area (Å²) in [4.78, 5) is 0. The summed E-state index contributed by atoms with van der Waals surface area (Å²) in [6.07, 6.45) is 2.63. The van der Waals surface area contributed by atoms with Crippen LogP contribution in [0.1, 0.15) is 5.56 Å². The van der Waals surface area contributed by atoms with E-state index in [2.05, 4.69) is 13.2 Å². The van der Waals surface area contributed by atoms with Gasteiger partial charge in [-0.15, -0.1) is 0 Å². The molecule has 2 aromatic rings. The van der Waals surface area contributed by atoms with Gasteiger partial charge in [0.25, 0.3) is 0 Å². The summed E-state index contributed by atoms with van der Waals surface area (Å²) >= 11 is 0. The zero-order valence-corrected chi connectivity index (χ0v) is 7.32. The lowest BCUT2D eigenvalue weighted by Gasteiger charge is -1.95. The molecule has 1 aromatic heterocycles. The summed E-state index contributed by atoms with van der Waals surface area (Å²) in [6, 6.07) is 7.99. The Labute approximate surface area is 77.1 Å². The van der Waals surface area contributed by atoms with E-state index in [9.17, 15) is 0 Å². The molecule has 1 aromatic carbocycles. The van der Waals surface area contributed by atoms with Gasteiger partial charge in [0.05, 0.1) is 20.0 Å². The molecule has 2 heteroatoms. The van der Waals surface area contributed by atoms with Crippen LogP contribution in [0, 0.1) is 7.11 Å². The first kappa shape index (κ1) is 8.32. The fourth-order valence-electron chi connectivity index (χ4n) is 1.41. The predicted octanol–water partition coefficient (Wildman–Crippen LogP) is 2.78. The van der Waals surface area contributed by atoms with Crippen molar-refractivity contribution in [1.82, 2.24) is 0 Å². The monoisotopic (exact) mass is 175 g/mol. The molecule has 0 amide bonds. The van der Waals surface area contributed by atoms with Crippen LogP contribution in [0.3, 0.4) is 0 Å². The van der Waals surface area contributed by atoms with Crippen molar-refractivity contribution in [2.24, 2.45) is 0 Å². The third-order valence-electron chi connectivity index (χ3n) is 2.08. The molecular weight excluding hydrogens is 164 g/mol. The van der Waals surface area contributed by atoms with E-state index in [1.807, 2.05) is 18.2 Å². The summed E-state index contributed by atoms with van der Waals surface area (Å²) < 4.78 is 10.1. The highest BCUT2D eigenvalue weighted by atomic mass is 16.5. The first-order valence-electron chi connectivity index (χ1n) is 4.24. The van der Waals surface area contributed by atoms with E-state index in [0.717, 1.165) is 12.0 Å². The first-order valence-corrected chi connectivity index (χ1v) is 4.24. The van der Waals surface area contributed by atoms with E-state index in [4.69, 9.17) is 9.15 Å². The first-order chi connectivity index (χ1) is 6.42. The molecule has 0 fully saturated rings. The van der Waals surface area contributed by atoms with E-state index in [1.54, 1.807) is 6.26 Å². The Hall–Kier alpha value is -1.28. The molecule has 0 aliphatic heterocycles. The summed E-state index contributed by atoms with van der Waals surface area (Å²) in [5, 5.41) is 1.17. The number of ether oxygens (including phenoxy) is 1. The van der Waals surface area contributed by atoms with Crippen molar-refractivity contribution in [2.45, 2.75) is 6.42 Å². The zero-order valence-electron chi connectivity index (χ0n) is 7.32. The fraction of sp³-hybridized carbons (Fsp3) is 0.182. The van der Waals surface area contributed by atoms with Gasteiger partial charge in [0.15, 0.2) is 0 Å². The molecule has 1 heterocycles. The highest BCUT2D eigenvalue weighted by Crippen LogP contribution is 2.20. The third kappa shape index (κ3) is 1.58. The van der Waals surface area contributed by atoms with Crippen molar-refractivity contribution in [3.05, 3.63) is 43.2 Å². The molecule has 0 saturated carbocycles. The smallest absolute Gasteiger partial charge is 0.134 e. The Morgan fingerprint density at radius 1 is 1.31 bits per heavy atom. The van der Waals surface area contributed by atoms with Crippen LogP contribution in [0.5, 0.6) is 0 Å². The Morgan fingerprint density at radius 2 is 2.15 bits per heavy atom. The molecule has 0 atom stereocenters. The van der Waals surface area contributed by atoms with E-state index < -0.39 is 0 Å². The highest BCUT2D eigenvalue weighted by Gasteiger charge is 2.03. The topological polar surface area (TPSA) is 22.4 Å². The summed E-state index contributed by atoms with van der Waals surface area (Å²) in [5.74, 6) is 0. The van der Waals surface area contributed by atoms with Crippen LogP contribution in [-0.2, 0) is 11.2 Å². The lowest BCUT2D eigenvalue weighted by molar-refractivity contribution is 0.246. The number of fused-ring (bicyclic) bond motifs is 1. The zero-order chi connectivity index (χ0) is 9.10. The van der Waals surface area contributed by atoms with Crippen LogP contribution in [0.15, 0.2) is 34.9 Å². The maximum Gasteiger partial charge on any atom is 0.134 e. The van der Waals surface area contributed by atoms with Crippen LogP contribution < -0.4 is 0 Å². The highest BCUT2D eigenvalue weighted by molar-refractivity contribution is 5.80. The van der Waals surface area contributed by atoms with E-state index >= 15 is 0 Å². The molecule has 0 N–H and O–H groups in total. The molecule has 2 rings (SSSR count). The Kier molecular flexibility index (Phi) is 2.32. The van der Waals surface area contributed by atoms with Crippen molar-refractivity contribution >= 4 is 11.0 Å². The molecule has 0 aliphatic carbocycles. The quantitative estimate of drug-likeness (QED) is 0.715. The van der Waals surface area contributed by atoms with Gasteiger partial charge < -0.3 is 9.15 Å². The molecule has 0 bridgehead atoms. The van der Waals surface area contributed by atoms with Crippen LogP contribution in [0.25, 0.3) is 11.0 Å². The molecular formula is C11H11O2. The fourth-order valence-corrected chi connectivity index (χ4v) is 1.41. The van der Waals surface area contributed by atoms with Crippen LogP contribution in [0.2, 0.25) is 0 Å². The average Bonchev–Trinajstić information content (AvgIpc) is 2.58. The second-order valence-corrected chi connectivity index (χ2v) is 2.92. The molecule has 0 aliphatic rings. The minimum Gasteiger partial charge on any atom is -0.464 e. The maximum absolute atomic E-state index is 5.37. The molecule has 1 radical (unpaired) electrons. The number of furan rings is 1. The SMILES string of the molecule is [CH2]OCCc1coc2ccccc12. The molecule has 2 nitrogen and oxygen atoms in total. The van der Waals surface area contributed by atoms with Crippen molar-refractivity contribution in [3.63, 3.8) is 0 Å². The maximum atomic E-state index is 5.37. The number of hydrogen-bond acceptors (Lipinski definition) is 2. The van der Waals surface area contributed by atoms with Crippen LogP contribution in [0.4, 0.5) is 0 Å². The lowest BCUT2D eigenvalue weighted by atomic mass is 10.1. The summed E-state index contributed by atoms with van der Waals surface area (Å²) in [6.45, 7) is 0.628. The van der Waals surface area contributed by atoms with Gasteiger partial charge >= 0.3 is 0 Å². The largest absolute Gasteiger partial charge is 0.464 e. The van der Waals surface area contributed by atoms with Crippen LogP contribution in [-0.4, -0.2) is 6.61 Å². The van der Waals surface area contributed by atoms with Gasteiger partial charge in [-0.05, 0) is 12.5 Å². The van der Waals surface area contributed by atoms with E-state index in [-0.39, 0.29) is 0 Å². The molecule has 0 unspecified atom stereocenters. The standard InChI is InChI=1S/C11H11O2/c1-12-7-6-9-8-13-11-5-3-2-4-10(9)11/h2-5,8H,1,6-7H2. The summed E-state index contributed by atoms with van der Waals surface area (Å²) in [7, 11) is 3.33. The van der Waals surface area contributed by atoms with Gasteiger partial charge in [0.1, 0.15) is 5.58 Å². The molecule has 67 valence electrons. The normalized spacial score (nSPS) is 10.8. The average molecular weight is 175 g/mol. The van der Waals surface area contributed by atoms with Crippen molar-refractivity contribution in [3.8, 4) is 0 Å². The third-order valence-corrected chi connectivity index (χ3v) is 2.08. The van der Waals surface area contributed by atoms with Gasteiger partial charge in [0.2, 0.25) is 0 Å². The van der Waals surface area contributed by atoms with Crippen molar-refractivity contribution < 1.29 is 9.15 Å². The molecule has 13 heavy (non-hydrogen) atoms. The second-order valence-electron chi connectivity index (χ2n) is 2.92. The van der Waals surface area contributed by atoms with E-state index in [0.29, 0.717) is 6.61 Å². The number of hydrogen-bond donors (Lipinski definition) is 0. The summed E-state index contributed by atoms with van der Waals surface area (Å²) in [5.41, 5.74) is 2.11.